The van der Waals surface area contributed by atoms with Crippen molar-refractivity contribution in [3.05, 3.63) is 10.6 Å². The Morgan fingerprint density at radius 2 is 2.00 bits per heavy atom. The molecular weight excluding hydrogens is 238 g/mol. The Balaban J connectivity index is 2.11. The van der Waals surface area contributed by atoms with Gasteiger partial charge in [-0.05, 0) is 13.5 Å². The number of nitrogens with zero attached hydrogens (tertiary/aromatic N) is 3. The lowest BCUT2D eigenvalue weighted by molar-refractivity contribution is 0.312. The zero-order valence-electron chi connectivity index (χ0n) is 9.94. The van der Waals surface area contributed by atoms with Gasteiger partial charge in [-0.15, -0.1) is 11.3 Å². The molecule has 1 aromatic heterocycles. The maximum Gasteiger partial charge on any atom is 0.185 e. The summed E-state index contributed by atoms with van der Waals surface area (Å²) in [6.07, 6.45) is 1.01. The van der Waals surface area contributed by atoms with E-state index in [1.54, 1.807) is 0 Å². The van der Waals surface area contributed by atoms with Crippen LogP contribution in [-0.2, 0) is 12.2 Å². The molecule has 0 aromatic carbocycles. The fourth-order valence-corrected chi connectivity index (χ4v) is 3.34. The molecule has 1 saturated heterocycles. The molecule has 0 bridgehead atoms. The van der Waals surface area contributed by atoms with E-state index >= 15 is 0 Å². The fraction of sp³-hybridized carbons (Fsp3) is 0.727. The van der Waals surface area contributed by atoms with Crippen molar-refractivity contribution < 1.29 is 0 Å². The molecule has 0 radical (unpaired) electrons. The first-order valence-electron chi connectivity index (χ1n) is 5.77. The van der Waals surface area contributed by atoms with E-state index in [2.05, 4.69) is 36.4 Å². The van der Waals surface area contributed by atoms with Crippen LogP contribution < -0.4 is 4.90 Å². The Morgan fingerprint density at radius 3 is 2.50 bits per heavy atom. The van der Waals surface area contributed by atoms with Gasteiger partial charge >= 0.3 is 0 Å². The highest BCUT2D eigenvalue weighted by molar-refractivity contribution is 7.79. The molecule has 0 spiro atoms. The average molecular weight is 257 g/mol. The van der Waals surface area contributed by atoms with Crippen LogP contribution in [0.1, 0.15) is 17.5 Å². The molecule has 0 amide bonds. The normalized spacial score (nSPS) is 18.1. The summed E-state index contributed by atoms with van der Waals surface area (Å²) in [6, 6.07) is 0. The topological polar surface area (TPSA) is 19.4 Å². The molecular formula is C11H19N3S2. The lowest BCUT2D eigenvalue weighted by atomic mass is 10.3. The number of anilines is 1. The minimum Gasteiger partial charge on any atom is -0.346 e. The third-order valence-corrected chi connectivity index (χ3v) is 4.71. The highest BCUT2D eigenvalue weighted by Gasteiger charge is 2.18. The Hall–Kier alpha value is -0.260. The van der Waals surface area contributed by atoms with E-state index in [9.17, 15) is 0 Å². The molecule has 1 aliphatic heterocycles. The second-order valence-electron chi connectivity index (χ2n) is 4.17. The molecule has 5 heteroatoms. The molecule has 0 unspecified atom stereocenters. The largest absolute Gasteiger partial charge is 0.346 e. The number of hydrogen-bond acceptors (Lipinski definition) is 5. The van der Waals surface area contributed by atoms with Gasteiger partial charge < -0.3 is 9.80 Å². The van der Waals surface area contributed by atoms with Crippen LogP contribution in [0.15, 0.2) is 0 Å². The Morgan fingerprint density at radius 1 is 1.31 bits per heavy atom. The lowest BCUT2D eigenvalue weighted by Gasteiger charge is -2.32. The van der Waals surface area contributed by atoms with Gasteiger partial charge in [-0.25, -0.2) is 4.98 Å². The number of thiol groups is 1. The van der Waals surface area contributed by atoms with Crippen LogP contribution in [0.5, 0.6) is 0 Å². The quantitative estimate of drug-likeness (QED) is 0.835. The van der Waals surface area contributed by atoms with E-state index in [-0.39, 0.29) is 0 Å². The van der Waals surface area contributed by atoms with Crippen molar-refractivity contribution in [3.8, 4) is 0 Å². The minimum atomic E-state index is 0.814. The summed E-state index contributed by atoms with van der Waals surface area (Å²) < 4.78 is 0. The van der Waals surface area contributed by atoms with Crippen molar-refractivity contribution in [1.82, 2.24) is 9.88 Å². The number of hydrogen-bond donors (Lipinski definition) is 1. The number of piperazine rings is 1. The molecule has 1 aromatic rings. The first-order chi connectivity index (χ1) is 7.74. The summed E-state index contributed by atoms with van der Waals surface area (Å²) in [7, 11) is 2.18. The Labute approximate surface area is 107 Å². The molecule has 2 heterocycles. The lowest BCUT2D eigenvalue weighted by Crippen LogP contribution is -2.44. The van der Waals surface area contributed by atoms with Crippen molar-refractivity contribution in [2.75, 3.05) is 38.1 Å². The molecule has 3 nitrogen and oxygen atoms in total. The zero-order valence-corrected chi connectivity index (χ0v) is 11.7. The van der Waals surface area contributed by atoms with E-state index in [0.717, 1.165) is 38.4 Å². The van der Waals surface area contributed by atoms with Gasteiger partial charge in [-0.1, -0.05) is 6.92 Å². The summed E-state index contributed by atoms with van der Waals surface area (Å²) in [6.45, 7) is 6.63. The van der Waals surface area contributed by atoms with Crippen molar-refractivity contribution in [2.45, 2.75) is 19.1 Å². The third kappa shape index (κ3) is 2.52. The third-order valence-electron chi connectivity index (χ3n) is 3.02. The Bertz CT molecular complexity index is 321. The number of aromatic nitrogens is 1. The number of likely N-dealkylation sites (N-methyl/N-ethyl adjacent to an activating group) is 1. The summed E-state index contributed by atoms with van der Waals surface area (Å²) >= 11 is 6.18. The molecule has 0 aliphatic carbocycles. The molecule has 0 N–H and O–H groups in total. The van der Waals surface area contributed by atoms with Crippen LogP contribution >= 0.6 is 24.0 Å². The zero-order chi connectivity index (χ0) is 11.5. The van der Waals surface area contributed by atoms with E-state index < -0.39 is 0 Å². The van der Waals surface area contributed by atoms with E-state index in [1.807, 2.05) is 11.3 Å². The van der Waals surface area contributed by atoms with Gasteiger partial charge in [0.05, 0.1) is 5.69 Å². The maximum absolute atomic E-state index is 4.73. The standard InChI is InChI=1S/C11H19N3S2/c1-3-9-10(8-15)16-11(12-9)14-6-4-13(2)5-7-14/h15H,3-8H2,1-2H3. The van der Waals surface area contributed by atoms with E-state index in [0.29, 0.717) is 0 Å². The predicted octanol–water partition coefficient (Wildman–Crippen LogP) is 1.89. The van der Waals surface area contributed by atoms with Crippen molar-refractivity contribution >= 4 is 29.1 Å². The fourth-order valence-electron chi connectivity index (χ4n) is 1.90. The molecule has 2 rings (SSSR count). The molecule has 1 fully saturated rings. The number of aryl methyl sites for hydroxylation is 1. The number of rotatable bonds is 3. The first kappa shape index (κ1) is 12.2. The second kappa shape index (κ2) is 5.38. The minimum absolute atomic E-state index is 0.814. The maximum atomic E-state index is 4.73. The average Bonchev–Trinajstić information content (AvgIpc) is 2.73. The van der Waals surface area contributed by atoms with Crippen LogP contribution in [0.25, 0.3) is 0 Å². The van der Waals surface area contributed by atoms with Crippen LogP contribution in [-0.4, -0.2) is 43.1 Å². The van der Waals surface area contributed by atoms with Crippen LogP contribution in [0, 0.1) is 0 Å². The highest BCUT2D eigenvalue weighted by atomic mass is 32.1. The molecule has 0 saturated carbocycles. The van der Waals surface area contributed by atoms with E-state index in [1.165, 1.54) is 15.7 Å². The van der Waals surface area contributed by atoms with Gasteiger partial charge in [-0.2, -0.15) is 12.6 Å². The smallest absolute Gasteiger partial charge is 0.185 e. The van der Waals surface area contributed by atoms with Gasteiger partial charge in [0.25, 0.3) is 0 Å². The number of thiazole rings is 1. The van der Waals surface area contributed by atoms with Gasteiger partial charge in [-0.3, -0.25) is 0 Å². The monoisotopic (exact) mass is 257 g/mol. The SMILES string of the molecule is CCc1nc(N2CCN(C)CC2)sc1CS. The van der Waals surface area contributed by atoms with Crippen molar-refractivity contribution in [2.24, 2.45) is 0 Å². The molecule has 0 atom stereocenters. The van der Waals surface area contributed by atoms with Crippen molar-refractivity contribution in [1.29, 1.82) is 0 Å². The molecule has 90 valence electrons. The van der Waals surface area contributed by atoms with Gasteiger partial charge in [0, 0.05) is 36.8 Å². The molecule has 16 heavy (non-hydrogen) atoms. The summed E-state index contributed by atoms with van der Waals surface area (Å²) in [5, 5.41) is 1.19. The van der Waals surface area contributed by atoms with Gasteiger partial charge in [0.1, 0.15) is 0 Å². The van der Waals surface area contributed by atoms with Crippen LogP contribution in [0.3, 0.4) is 0 Å². The Kier molecular flexibility index (Phi) is 4.10. The van der Waals surface area contributed by atoms with Crippen LogP contribution in [0.4, 0.5) is 5.13 Å². The van der Waals surface area contributed by atoms with Gasteiger partial charge in [0.2, 0.25) is 0 Å². The summed E-state index contributed by atoms with van der Waals surface area (Å²) in [5.41, 5.74) is 1.23. The summed E-state index contributed by atoms with van der Waals surface area (Å²) in [5.74, 6) is 0.814. The second-order valence-corrected chi connectivity index (χ2v) is 5.55. The summed E-state index contributed by atoms with van der Waals surface area (Å²) in [4.78, 5) is 10.8. The van der Waals surface area contributed by atoms with Crippen LogP contribution in [0.2, 0.25) is 0 Å². The van der Waals surface area contributed by atoms with Crippen molar-refractivity contribution in [3.63, 3.8) is 0 Å². The first-order valence-corrected chi connectivity index (χ1v) is 7.22. The van der Waals surface area contributed by atoms with Gasteiger partial charge in [0.15, 0.2) is 5.13 Å². The predicted molar refractivity (Wildman–Crippen MR) is 73.9 cm³/mol. The highest BCUT2D eigenvalue weighted by Crippen LogP contribution is 2.28. The van der Waals surface area contributed by atoms with E-state index in [4.69, 9.17) is 4.98 Å². The molecule has 1 aliphatic rings.